The molecule has 1 aliphatic heterocycles. The van der Waals surface area contributed by atoms with Crippen molar-refractivity contribution < 1.29 is 14.6 Å². The van der Waals surface area contributed by atoms with E-state index in [4.69, 9.17) is 9.84 Å². The van der Waals surface area contributed by atoms with Gasteiger partial charge in [-0.25, -0.2) is 0 Å². The normalized spacial score (nSPS) is 33.6. The quantitative estimate of drug-likeness (QED) is 0.787. The summed E-state index contributed by atoms with van der Waals surface area (Å²) in [6.45, 7) is 6.97. The van der Waals surface area contributed by atoms with Crippen LogP contribution >= 0.6 is 0 Å². The molecule has 2 atom stereocenters. The second kappa shape index (κ2) is 4.34. The van der Waals surface area contributed by atoms with Gasteiger partial charge in [-0.1, -0.05) is 0 Å². The van der Waals surface area contributed by atoms with Gasteiger partial charge in [0.25, 0.3) is 0 Å². The fourth-order valence-corrected chi connectivity index (χ4v) is 2.78. The highest BCUT2D eigenvalue weighted by atomic mass is 16.5. The summed E-state index contributed by atoms with van der Waals surface area (Å²) >= 11 is 0. The van der Waals surface area contributed by atoms with Gasteiger partial charge in [-0.3, -0.25) is 9.69 Å². The molecule has 0 aromatic carbocycles. The van der Waals surface area contributed by atoms with Crippen molar-refractivity contribution in [1.82, 2.24) is 4.90 Å². The minimum absolute atomic E-state index is 0.0720. The lowest BCUT2D eigenvalue weighted by Crippen LogP contribution is -2.47. The fourth-order valence-electron chi connectivity index (χ4n) is 2.78. The van der Waals surface area contributed by atoms with Crippen molar-refractivity contribution in [3.05, 3.63) is 0 Å². The van der Waals surface area contributed by atoms with Gasteiger partial charge in [-0.05, 0) is 32.1 Å². The fraction of sp³-hybridized carbons (Fsp3) is 0.917. The molecule has 0 aromatic rings. The van der Waals surface area contributed by atoms with Gasteiger partial charge in [-0.2, -0.15) is 0 Å². The van der Waals surface area contributed by atoms with Crippen LogP contribution in [-0.2, 0) is 9.53 Å². The topological polar surface area (TPSA) is 49.8 Å². The van der Waals surface area contributed by atoms with Crippen LogP contribution in [0.2, 0.25) is 0 Å². The molecule has 16 heavy (non-hydrogen) atoms. The molecule has 1 aliphatic carbocycles. The standard InChI is InChI=1S/C12H21NO3/c1-9-6-13(7-10(2)16-9)8-12(3-4-12)5-11(14)15/h9-10H,3-8H2,1-2H3,(H,14,15). The molecule has 1 saturated heterocycles. The predicted molar refractivity (Wildman–Crippen MR) is 60.4 cm³/mol. The maximum atomic E-state index is 10.8. The molecule has 0 aromatic heterocycles. The van der Waals surface area contributed by atoms with Crippen LogP contribution in [0.3, 0.4) is 0 Å². The number of carbonyl (C=O) groups is 1. The van der Waals surface area contributed by atoms with E-state index >= 15 is 0 Å². The van der Waals surface area contributed by atoms with Crippen LogP contribution in [0.5, 0.6) is 0 Å². The largest absolute Gasteiger partial charge is 0.481 e. The summed E-state index contributed by atoms with van der Waals surface area (Å²) in [6.07, 6.45) is 3.00. The Labute approximate surface area is 96.6 Å². The molecule has 1 heterocycles. The van der Waals surface area contributed by atoms with E-state index in [1.807, 2.05) is 0 Å². The van der Waals surface area contributed by atoms with Gasteiger partial charge in [0.2, 0.25) is 0 Å². The van der Waals surface area contributed by atoms with E-state index in [2.05, 4.69) is 18.7 Å². The van der Waals surface area contributed by atoms with Crippen molar-refractivity contribution >= 4 is 5.97 Å². The van der Waals surface area contributed by atoms with E-state index in [0.717, 1.165) is 32.5 Å². The highest BCUT2D eigenvalue weighted by molar-refractivity contribution is 5.68. The summed E-state index contributed by atoms with van der Waals surface area (Å²) in [6, 6.07) is 0. The maximum absolute atomic E-state index is 10.8. The average Bonchev–Trinajstić information content (AvgIpc) is 2.80. The lowest BCUT2D eigenvalue weighted by Gasteiger charge is -2.37. The minimum Gasteiger partial charge on any atom is -0.481 e. The Bertz CT molecular complexity index is 265. The third-order valence-electron chi connectivity index (χ3n) is 3.54. The first-order valence-electron chi connectivity index (χ1n) is 6.09. The SMILES string of the molecule is CC1CN(CC2(CC(=O)O)CC2)CC(C)O1. The van der Waals surface area contributed by atoms with E-state index in [-0.39, 0.29) is 17.6 Å². The number of hydrogen-bond acceptors (Lipinski definition) is 3. The van der Waals surface area contributed by atoms with Crippen molar-refractivity contribution in [3.63, 3.8) is 0 Å². The molecule has 0 amide bonds. The van der Waals surface area contributed by atoms with Crippen LogP contribution in [0, 0.1) is 5.41 Å². The zero-order chi connectivity index (χ0) is 11.8. The summed E-state index contributed by atoms with van der Waals surface area (Å²) in [5.74, 6) is -0.660. The molecule has 2 rings (SSSR count). The second-order valence-electron chi connectivity index (χ2n) is 5.52. The number of morpholine rings is 1. The van der Waals surface area contributed by atoms with Crippen molar-refractivity contribution in [1.29, 1.82) is 0 Å². The van der Waals surface area contributed by atoms with Crippen molar-refractivity contribution in [3.8, 4) is 0 Å². The molecule has 0 bridgehead atoms. The van der Waals surface area contributed by atoms with E-state index < -0.39 is 5.97 Å². The first-order valence-corrected chi connectivity index (χ1v) is 6.09. The number of rotatable bonds is 4. The molecule has 4 heteroatoms. The summed E-state index contributed by atoms with van der Waals surface area (Å²) in [4.78, 5) is 13.2. The van der Waals surface area contributed by atoms with Gasteiger partial charge < -0.3 is 9.84 Å². The number of carboxylic acids is 1. The molecule has 4 nitrogen and oxygen atoms in total. The Morgan fingerprint density at radius 3 is 2.38 bits per heavy atom. The van der Waals surface area contributed by atoms with Crippen molar-refractivity contribution in [2.24, 2.45) is 5.41 Å². The molecular formula is C12H21NO3. The van der Waals surface area contributed by atoms with Crippen molar-refractivity contribution in [2.45, 2.75) is 45.3 Å². The van der Waals surface area contributed by atoms with Gasteiger partial charge >= 0.3 is 5.97 Å². The Morgan fingerprint density at radius 2 is 1.94 bits per heavy atom. The molecule has 0 radical (unpaired) electrons. The zero-order valence-corrected chi connectivity index (χ0v) is 10.1. The monoisotopic (exact) mass is 227 g/mol. The van der Waals surface area contributed by atoms with Crippen LogP contribution in [-0.4, -0.2) is 47.8 Å². The summed E-state index contributed by atoms with van der Waals surface area (Å²) in [5.41, 5.74) is 0.0720. The van der Waals surface area contributed by atoms with E-state index in [9.17, 15) is 4.79 Å². The molecular weight excluding hydrogens is 206 g/mol. The zero-order valence-electron chi connectivity index (χ0n) is 10.1. The minimum atomic E-state index is -0.660. The molecule has 2 fully saturated rings. The third kappa shape index (κ3) is 2.95. The molecule has 1 saturated carbocycles. The Hall–Kier alpha value is -0.610. The van der Waals surface area contributed by atoms with Gasteiger partial charge in [0, 0.05) is 19.6 Å². The lowest BCUT2D eigenvalue weighted by molar-refractivity contribution is -0.139. The Morgan fingerprint density at radius 1 is 1.38 bits per heavy atom. The van der Waals surface area contributed by atoms with Crippen LogP contribution in [0.1, 0.15) is 33.1 Å². The maximum Gasteiger partial charge on any atom is 0.303 e. The summed E-state index contributed by atoms with van der Waals surface area (Å²) in [7, 11) is 0. The lowest BCUT2D eigenvalue weighted by atomic mass is 10.0. The Kier molecular flexibility index (Phi) is 3.22. The van der Waals surface area contributed by atoms with Crippen molar-refractivity contribution in [2.75, 3.05) is 19.6 Å². The van der Waals surface area contributed by atoms with Crippen LogP contribution in [0.4, 0.5) is 0 Å². The predicted octanol–water partition coefficient (Wildman–Crippen LogP) is 1.35. The smallest absolute Gasteiger partial charge is 0.303 e. The number of carboxylic acid groups (broad SMARTS) is 1. The third-order valence-corrected chi connectivity index (χ3v) is 3.54. The van der Waals surface area contributed by atoms with Gasteiger partial charge in [0.1, 0.15) is 0 Å². The molecule has 92 valence electrons. The first-order chi connectivity index (χ1) is 7.49. The van der Waals surface area contributed by atoms with Crippen LogP contribution in [0.25, 0.3) is 0 Å². The molecule has 1 N–H and O–H groups in total. The van der Waals surface area contributed by atoms with Crippen LogP contribution in [0.15, 0.2) is 0 Å². The van der Waals surface area contributed by atoms with E-state index in [1.165, 1.54) is 0 Å². The average molecular weight is 227 g/mol. The number of ether oxygens (including phenoxy) is 1. The van der Waals surface area contributed by atoms with Gasteiger partial charge in [-0.15, -0.1) is 0 Å². The Balaban J connectivity index is 1.87. The van der Waals surface area contributed by atoms with E-state index in [1.54, 1.807) is 0 Å². The molecule has 2 aliphatic rings. The summed E-state index contributed by atoms with van der Waals surface area (Å²) < 4.78 is 5.67. The van der Waals surface area contributed by atoms with E-state index in [0.29, 0.717) is 6.42 Å². The number of aliphatic carboxylic acids is 1. The number of nitrogens with zero attached hydrogens (tertiary/aromatic N) is 1. The molecule has 0 spiro atoms. The highest BCUT2D eigenvalue weighted by Gasteiger charge is 2.46. The second-order valence-corrected chi connectivity index (χ2v) is 5.52. The first kappa shape index (κ1) is 11.9. The molecule has 2 unspecified atom stereocenters. The van der Waals surface area contributed by atoms with Crippen LogP contribution < -0.4 is 0 Å². The summed E-state index contributed by atoms with van der Waals surface area (Å²) in [5, 5.41) is 8.88. The highest BCUT2D eigenvalue weighted by Crippen LogP contribution is 2.49. The van der Waals surface area contributed by atoms with Gasteiger partial charge in [0.05, 0.1) is 18.6 Å². The van der Waals surface area contributed by atoms with Gasteiger partial charge in [0.15, 0.2) is 0 Å². The number of hydrogen-bond donors (Lipinski definition) is 1.